The van der Waals surface area contributed by atoms with Crippen molar-refractivity contribution in [2.24, 2.45) is 5.73 Å². The molecular formula is C13H16BrN3OS. The van der Waals surface area contributed by atoms with Crippen LogP contribution in [0.4, 0.5) is 5.69 Å². The Morgan fingerprint density at radius 3 is 3.00 bits per heavy atom. The van der Waals surface area contributed by atoms with Crippen molar-refractivity contribution in [2.75, 3.05) is 18.0 Å². The summed E-state index contributed by atoms with van der Waals surface area (Å²) in [7, 11) is 0. The smallest absolute Gasteiger partial charge is 0.242 e. The van der Waals surface area contributed by atoms with Gasteiger partial charge in [-0.2, -0.15) is 0 Å². The van der Waals surface area contributed by atoms with Crippen LogP contribution in [0.5, 0.6) is 0 Å². The van der Waals surface area contributed by atoms with Gasteiger partial charge in [0.05, 0.1) is 0 Å². The molecule has 3 N–H and O–H groups in total. The van der Waals surface area contributed by atoms with E-state index in [1.165, 1.54) is 0 Å². The first-order chi connectivity index (χ1) is 9.06. The van der Waals surface area contributed by atoms with Gasteiger partial charge in [-0.1, -0.05) is 25.2 Å². The molecule has 1 saturated heterocycles. The van der Waals surface area contributed by atoms with Crippen molar-refractivity contribution in [1.29, 1.82) is 0 Å². The molecule has 102 valence electrons. The van der Waals surface area contributed by atoms with Gasteiger partial charge in [-0.3, -0.25) is 4.79 Å². The van der Waals surface area contributed by atoms with Crippen LogP contribution in [0, 0.1) is 0 Å². The zero-order valence-corrected chi connectivity index (χ0v) is 13.1. The molecule has 1 atom stereocenters. The Bertz CT molecular complexity index is 521. The standard InChI is InChI=1S/C13H16BrN3OS/c1-2-9-13(18)16-6-7-17(9)10-5-3-4-8(14)11(10)12(15)19/h3-5,9H,2,6-7H2,1H3,(H2,15,19)(H,16,18). The van der Waals surface area contributed by atoms with Gasteiger partial charge in [-0.15, -0.1) is 0 Å². The highest BCUT2D eigenvalue weighted by atomic mass is 79.9. The fraction of sp³-hybridized carbons (Fsp3) is 0.385. The highest BCUT2D eigenvalue weighted by molar-refractivity contribution is 9.10. The number of anilines is 1. The van der Waals surface area contributed by atoms with Crippen molar-refractivity contribution >= 4 is 44.7 Å². The maximum atomic E-state index is 11.9. The molecule has 0 aliphatic carbocycles. The van der Waals surface area contributed by atoms with Gasteiger partial charge in [0.2, 0.25) is 5.91 Å². The van der Waals surface area contributed by atoms with E-state index in [9.17, 15) is 4.79 Å². The molecule has 4 nitrogen and oxygen atoms in total. The summed E-state index contributed by atoms with van der Waals surface area (Å²) >= 11 is 8.61. The number of nitrogens with one attached hydrogen (secondary N) is 1. The number of amides is 1. The Kier molecular flexibility index (Phi) is 4.42. The average Bonchev–Trinajstić information content (AvgIpc) is 2.37. The number of hydrogen-bond donors (Lipinski definition) is 2. The highest BCUT2D eigenvalue weighted by Gasteiger charge is 2.30. The van der Waals surface area contributed by atoms with E-state index in [0.717, 1.165) is 28.7 Å². The molecule has 19 heavy (non-hydrogen) atoms. The number of thiocarbonyl (C=S) groups is 1. The minimum absolute atomic E-state index is 0.0580. The number of piperazine rings is 1. The van der Waals surface area contributed by atoms with E-state index in [0.29, 0.717) is 11.5 Å². The number of carbonyl (C=O) groups is 1. The summed E-state index contributed by atoms with van der Waals surface area (Å²) in [5, 5.41) is 2.89. The zero-order chi connectivity index (χ0) is 14.0. The summed E-state index contributed by atoms with van der Waals surface area (Å²) in [6.45, 7) is 3.40. The second-order valence-corrected chi connectivity index (χ2v) is 5.70. The third-order valence-electron chi connectivity index (χ3n) is 3.26. The molecule has 1 aliphatic heterocycles. The van der Waals surface area contributed by atoms with E-state index in [4.69, 9.17) is 18.0 Å². The predicted octanol–water partition coefficient (Wildman–Crippen LogP) is 1.80. The first-order valence-corrected chi connectivity index (χ1v) is 7.39. The fourth-order valence-corrected chi connectivity index (χ4v) is 3.32. The summed E-state index contributed by atoms with van der Waals surface area (Å²) in [5.41, 5.74) is 7.53. The molecule has 0 radical (unpaired) electrons. The van der Waals surface area contributed by atoms with Crippen LogP contribution in [0.15, 0.2) is 22.7 Å². The first-order valence-electron chi connectivity index (χ1n) is 6.19. The van der Waals surface area contributed by atoms with Crippen molar-refractivity contribution in [3.8, 4) is 0 Å². The fourth-order valence-electron chi connectivity index (χ4n) is 2.40. The van der Waals surface area contributed by atoms with Gasteiger partial charge < -0.3 is 16.0 Å². The Labute approximate surface area is 126 Å². The van der Waals surface area contributed by atoms with Crippen LogP contribution >= 0.6 is 28.1 Å². The highest BCUT2D eigenvalue weighted by Crippen LogP contribution is 2.30. The van der Waals surface area contributed by atoms with Gasteiger partial charge in [-0.05, 0) is 34.5 Å². The number of halogens is 1. The third-order valence-corrected chi connectivity index (χ3v) is 4.13. The largest absolute Gasteiger partial charge is 0.389 e. The van der Waals surface area contributed by atoms with Crippen LogP contribution in [0.3, 0.4) is 0 Å². The van der Waals surface area contributed by atoms with Gasteiger partial charge in [0.25, 0.3) is 0 Å². The van der Waals surface area contributed by atoms with E-state index in [1.807, 2.05) is 25.1 Å². The number of nitrogens with two attached hydrogens (primary N) is 1. The van der Waals surface area contributed by atoms with Crippen molar-refractivity contribution < 1.29 is 4.79 Å². The lowest BCUT2D eigenvalue weighted by atomic mass is 10.1. The molecule has 1 amide bonds. The topological polar surface area (TPSA) is 58.4 Å². The van der Waals surface area contributed by atoms with Gasteiger partial charge in [0, 0.05) is 28.8 Å². The molecule has 0 aromatic heterocycles. The minimum atomic E-state index is -0.170. The Hall–Kier alpha value is -1.14. The SMILES string of the molecule is CCC1C(=O)NCCN1c1cccc(Br)c1C(N)=S. The minimum Gasteiger partial charge on any atom is -0.389 e. The van der Waals surface area contributed by atoms with Crippen molar-refractivity contribution in [2.45, 2.75) is 19.4 Å². The third kappa shape index (κ3) is 2.74. The van der Waals surface area contributed by atoms with Crippen LogP contribution in [-0.4, -0.2) is 30.0 Å². The molecule has 1 aromatic rings. The Balaban J connectivity index is 2.48. The van der Waals surface area contributed by atoms with Crippen molar-refractivity contribution in [3.63, 3.8) is 0 Å². The molecule has 1 aromatic carbocycles. The van der Waals surface area contributed by atoms with Gasteiger partial charge in [0.15, 0.2) is 0 Å². The quantitative estimate of drug-likeness (QED) is 0.823. The summed E-state index contributed by atoms with van der Waals surface area (Å²) < 4.78 is 0.860. The molecule has 0 spiro atoms. The predicted molar refractivity (Wildman–Crippen MR) is 84.5 cm³/mol. The van der Waals surface area contributed by atoms with Gasteiger partial charge >= 0.3 is 0 Å². The van der Waals surface area contributed by atoms with E-state index in [1.54, 1.807) is 0 Å². The normalized spacial score (nSPS) is 19.2. The van der Waals surface area contributed by atoms with E-state index >= 15 is 0 Å². The van der Waals surface area contributed by atoms with Crippen LogP contribution in [0.2, 0.25) is 0 Å². The van der Waals surface area contributed by atoms with Gasteiger partial charge in [-0.25, -0.2) is 0 Å². The summed E-state index contributed by atoms with van der Waals surface area (Å²) in [6, 6.07) is 5.63. The number of hydrogen-bond acceptors (Lipinski definition) is 3. The number of rotatable bonds is 3. The Morgan fingerprint density at radius 1 is 1.63 bits per heavy atom. The van der Waals surface area contributed by atoms with E-state index in [-0.39, 0.29) is 11.9 Å². The van der Waals surface area contributed by atoms with Crippen molar-refractivity contribution in [3.05, 3.63) is 28.2 Å². The van der Waals surface area contributed by atoms with Crippen LogP contribution < -0.4 is 16.0 Å². The zero-order valence-electron chi connectivity index (χ0n) is 10.6. The molecular weight excluding hydrogens is 326 g/mol. The molecule has 1 aliphatic rings. The monoisotopic (exact) mass is 341 g/mol. The summed E-state index contributed by atoms with van der Waals surface area (Å²) in [5.74, 6) is 0.0580. The number of benzene rings is 1. The molecule has 1 fully saturated rings. The first kappa shape index (κ1) is 14.3. The lowest BCUT2D eigenvalue weighted by Crippen LogP contribution is -2.55. The lowest BCUT2D eigenvalue weighted by Gasteiger charge is -2.37. The molecule has 1 unspecified atom stereocenters. The van der Waals surface area contributed by atoms with Crippen LogP contribution in [-0.2, 0) is 4.79 Å². The second kappa shape index (κ2) is 5.88. The number of carbonyl (C=O) groups excluding carboxylic acids is 1. The maximum absolute atomic E-state index is 11.9. The molecule has 6 heteroatoms. The van der Waals surface area contributed by atoms with Crippen molar-refractivity contribution in [1.82, 2.24) is 5.32 Å². The average molecular weight is 342 g/mol. The molecule has 0 bridgehead atoms. The van der Waals surface area contributed by atoms with Gasteiger partial charge in [0.1, 0.15) is 11.0 Å². The summed E-state index contributed by atoms with van der Waals surface area (Å²) in [6.07, 6.45) is 0.745. The maximum Gasteiger partial charge on any atom is 0.242 e. The number of nitrogens with zero attached hydrogens (tertiary/aromatic N) is 1. The van der Waals surface area contributed by atoms with Crippen LogP contribution in [0.25, 0.3) is 0 Å². The molecule has 1 heterocycles. The lowest BCUT2D eigenvalue weighted by molar-refractivity contribution is -0.123. The Morgan fingerprint density at radius 2 is 2.37 bits per heavy atom. The molecule has 0 saturated carbocycles. The van der Waals surface area contributed by atoms with E-state index < -0.39 is 0 Å². The van der Waals surface area contributed by atoms with Crippen LogP contribution in [0.1, 0.15) is 18.9 Å². The molecule has 2 rings (SSSR count). The summed E-state index contributed by atoms with van der Waals surface area (Å²) in [4.78, 5) is 14.4. The second-order valence-electron chi connectivity index (χ2n) is 4.41. The van der Waals surface area contributed by atoms with E-state index in [2.05, 4.69) is 26.1 Å².